The molecule has 30 heavy (non-hydrogen) atoms. The lowest BCUT2D eigenvalue weighted by Gasteiger charge is -2.26. The molecular weight excluding hydrogens is 412 g/mol. The van der Waals surface area contributed by atoms with Crippen molar-refractivity contribution in [2.45, 2.75) is 11.0 Å². The van der Waals surface area contributed by atoms with Crippen LogP contribution in [0, 0.1) is 0 Å². The summed E-state index contributed by atoms with van der Waals surface area (Å²) in [4.78, 5) is 12.3. The molecule has 10 heteroatoms. The van der Waals surface area contributed by atoms with Gasteiger partial charge in [-0.3, -0.25) is 4.79 Å². The van der Waals surface area contributed by atoms with E-state index in [9.17, 15) is 13.2 Å². The van der Waals surface area contributed by atoms with Crippen LogP contribution in [0.1, 0.15) is 0 Å². The number of likely N-dealkylation sites (N-methyl/N-ethyl adjacent to an activating group) is 1. The van der Waals surface area contributed by atoms with Gasteiger partial charge in [0.25, 0.3) is 0 Å². The Kier molecular flexibility index (Phi) is 6.68. The van der Waals surface area contributed by atoms with Crippen LogP contribution in [-0.2, 0) is 14.8 Å². The first-order valence-electron chi connectivity index (χ1n) is 9.18. The Morgan fingerprint density at radius 3 is 2.53 bits per heavy atom. The zero-order chi connectivity index (χ0) is 21.7. The summed E-state index contributed by atoms with van der Waals surface area (Å²) in [6.07, 6.45) is -0.364. The molecule has 0 radical (unpaired) electrons. The number of rotatable bonds is 8. The molecule has 0 aromatic heterocycles. The molecule has 1 amide bonds. The molecule has 162 valence electrons. The normalized spacial score (nSPS) is 15.5. The van der Waals surface area contributed by atoms with Gasteiger partial charge in [0.15, 0.2) is 23.0 Å². The Hall–Kier alpha value is -2.98. The van der Waals surface area contributed by atoms with Crippen LogP contribution in [0.15, 0.2) is 47.4 Å². The van der Waals surface area contributed by atoms with E-state index in [4.69, 9.17) is 18.9 Å². The Morgan fingerprint density at radius 1 is 1.13 bits per heavy atom. The van der Waals surface area contributed by atoms with Gasteiger partial charge in [0.05, 0.1) is 32.2 Å². The molecule has 0 unspecified atom stereocenters. The van der Waals surface area contributed by atoms with Crippen molar-refractivity contribution in [1.82, 2.24) is 9.62 Å². The van der Waals surface area contributed by atoms with E-state index >= 15 is 0 Å². The van der Waals surface area contributed by atoms with E-state index in [1.54, 1.807) is 12.1 Å². The van der Waals surface area contributed by atoms with Crippen molar-refractivity contribution in [3.8, 4) is 23.0 Å². The third kappa shape index (κ3) is 4.77. The number of hydrogen-bond donors (Lipinski definition) is 1. The number of carbonyl (C=O) groups excluding carboxylic acids is 1. The average Bonchev–Trinajstić information content (AvgIpc) is 2.76. The highest BCUT2D eigenvalue weighted by Gasteiger charge is 2.26. The summed E-state index contributed by atoms with van der Waals surface area (Å²) in [6, 6.07) is 11.5. The molecule has 2 aromatic rings. The van der Waals surface area contributed by atoms with Gasteiger partial charge < -0.3 is 24.3 Å². The lowest BCUT2D eigenvalue weighted by atomic mass is 10.2. The van der Waals surface area contributed by atoms with Gasteiger partial charge in [0.2, 0.25) is 15.9 Å². The monoisotopic (exact) mass is 436 g/mol. The van der Waals surface area contributed by atoms with E-state index in [1.807, 2.05) is 12.1 Å². The number of nitrogens with one attached hydrogen (secondary N) is 1. The van der Waals surface area contributed by atoms with Gasteiger partial charge in [-0.15, -0.1) is 0 Å². The summed E-state index contributed by atoms with van der Waals surface area (Å²) in [6.45, 7) is 0.134. The minimum absolute atomic E-state index is 0.00364. The third-order valence-corrected chi connectivity index (χ3v) is 6.32. The highest BCUT2D eigenvalue weighted by atomic mass is 32.2. The molecule has 0 bridgehead atoms. The van der Waals surface area contributed by atoms with Crippen LogP contribution in [-0.4, -0.2) is 65.7 Å². The summed E-state index contributed by atoms with van der Waals surface area (Å²) in [5.41, 5.74) is 0. The average molecular weight is 436 g/mol. The Labute approximate surface area is 175 Å². The molecule has 1 heterocycles. The summed E-state index contributed by atoms with van der Waals surface area (Å²) in [7, 11) is 0.320. The van der Waals surface area contributed by atoms with E-state index in [0.717, 1.165) is 4.31 Å². The molecule has 2 aromatic carbocycles. The van der Waals surface area contributed by atoms with Gasteiger partial charge in [-0.1, -0.05) is 12.1 Å². The Balaban J connectivity index is 1.57. The van der Waals surface area contributed by atoms with Crippen molar-refractivity contribution in [2.75, 3.05) is 41.0 Å². The van der Waals surface area contributed by atoms with Gasteiger partial charge in [-0.05, 0) is 24.3 Å². The van der Waals surface area contributed by atoms with Crippen molar-refractivity contribution >= 4 is 15.9 Å². The molecule has 1 aliphatic rings. The maximum Gasteiger partial charge on any atom is 0.243 e. The number of methoxy groups -OCH3 is 2. The van der Waals surface area contributed by atoms with Crippen LogP contribution in [0.4, 0.5) is 0 Å². The van der Waals surface area contributed by atoms with E-state index in [2.05, 4.69) is 5.32 Å². The fraction of sp³-hybridized carbons (Fsp3) is 0.350. The second-order valence-corrected chi connectivity index (χ2v) is 8.62. The first-order valence-corrected chi connectivity index (χ1v) is 10.6. The van der Waals surface area contributed by atoms with Crippen molar-refractivity contribution in [2.24, 2.45) is 0 Å². The number of sulfonamides is 1. The Morgan fingerprint density at radius 2 is 1.83 bits per heavy atom. The van der Waals surface area contributed by atoms with Crippen molar-refractivity contribution in [1.29, 1.82) is 0 Å². The standard InChI is InChI=1S/C20H24N2O7S/c1-22(30(24,25)15-8-9-16(26-2)19(10-15)27-3)12-20(23)21-11-14-13-28-17-6-4-5-7-18(17)29-14/h4-10,14H,11-13H2,1-3H3,(H,21,23)/t14-/m0/s1. The zero-order valence-electron chi connectivity index (χ0n) is 17.0. The van der Waals surface area contributed by atoms with Crippen LogP contribution in [0.3, 0.4) is 0 Å². The smallest absolute Gasteiger partial charge is 0.243 e. The SMILES string of the molecule is COc1ccc(S(=O)(=O)N(C)CC(=O)NC[C@H]2COc3ccccc3O2)cc1OC. The second-order valence-electron chi connectivity index (χ2n) is 6.58. The number of para-hydroxylation sites is 2. The van der Waals surface area contributed by atoms with Crippen LogP contribution < -0.4 is 24.3 Å². The number of hydrogen-bond acceptors (Lipinski definition) is 7. The molecular formula is C20H24N2O7S. The maximum atomic E-state index is 12.8. The number of fused-ring (bicyclic) bond motifs is 1. The van der Waals surface area contributed by atoms with Gasteiger partial charge in [0, 0.05) is 13.1 Å². The number of ether oxygens (including phenoxy) is 4. The minimum atomic E-state index is -3.89. The van der Waals surface area contributed by atoms with Gasteiger partial charge in [0.1, 0.15) is 12.7 Å². The number of nitrogens with zero attached hydrogens (tertiary/aromatic N) is 1. The van der Waals surface area contributed by atoms with Crippen LogP contribution >= 0.6 is 0 Å². The predicted octanol–water partition coefficient (Wildman–Crippen LogP) is 1.28. The predicted molar refractivity (Wildman–Crippen MR) is 109 cm³/mol. The summed E-state index contributed by atoms with van der Waals surface area (Å²) in [5.74, 6) is 1.50. The van der Waals surface area contributed by atoms with E-state index in [-0.39, 0.29) is 36.4 Å². The molecule has 0 saturated heterocycles. The molecule has 0 saturated carbocycles. The Bertz CT molecular complexity index is 1010. The molecule has 3 rings (SSSR count). The number of benzene rings is 2. The van der Waals surface area contributed by atoms with E-state index in [0.29, 0.717) is 17.2 Å². The van der Waals surface area contributed by atoms with Crippen molar-refractivity contribution in [3.63, 3.8) is 0 Å². The molecule has 1 atom stereocenters. The topological polar surface area (TPSA) is 103 Å². The van der Waals surface area contributed by atoms with Crippen molar-refractivity contribution in [3.05, 3.63) is 42.5 Å². The van der Waals surface area contributed by atoms with Gasteiger partial charge in [-0.2, -0.15) is 4.31 Å². The zero-order valence-corrected chi connectivity index (χ0v) is 17.8. The number of amides is 1. The summed E-state index contributed by atoms with van der Waals surface area (Å²) in [5, 5.41) is 2.68. The van der Waals surface area contributed by atoms with E-state index < -0.39 is 15.9 Å². The molecule has 0 spiro atoms. The summed E-state index contributed by atoms with van der Waals surface area (Å²) < 4.78 is 48.2. The van der Waals surface area contributed by atoms with Crippen molar-refractivity contribution < 1.29 is 32.2 Å². The number of carbonyl (C=O) groups is 1. The fourth-order valence-corrected chi connectivity index (χ4v) is 4.03. The van der Waals surface area contributed by atoms with E-state index in [1.165, 1.54) is 39.5 Å². The first kappa shape index (κ1) is 21.7. The highest BCUT2D eigenvalue weighted by Crippen LogP contribution is 2.31. The lowest BCUT2D eigenvalue weighted by Crippen LogP contribution is -2.44. The largest absolute Gasteiger partial charge is 0.493 e. The second kappa shape index (κ2) is 9.23. The maximum absolute atomic E-state index is 12.8. The highest BCUT2D eigenvalue weighted by molar-refractivity contribution is 7.89. The molecule has 0 aliphatic carbocycles. The summed E-state index contributed by atoms with van der Waals surface area (Å²) >= 11 is 0. The minimum Gasteiger partial charge on any atom is -0.493 e. The molecule has 9 nitrogen and oxygen atoms in total. The van der Waals surface area contributed by atoms with Gasteiger partial charge >= 0.3 is 0 Å². The quantitative estimate of drug-likeness (QED) is 0.665. The van der Waals surface area contributed by atoms with Crippen LogP contribution in [0.2, 0.25) is 0 Å². The first-order chi connectivity index (χ1) is 14.3. The molecule has 1 N–H and O–H groups in total. The lowest BCUT2D eigenvalue weighted by molar-refractivity contribution is -0.121. The van der Waals surface area contributed by atoms with Crippen LogP contribution in [0.5, 0.6) is 23.0 Å². The molecule has 0 fully saturated rings. The van der Waals surface area contributed by atoms with Crippen LogP contribution in [0.25, 0.3) is 0 Å². The van der Waals surface area contributed by atoms with Gasteiger partial charge in [-0.25, -0.2) is 8.42 Å². The molecule has 1 aliphatic heterocycles. The third-order valence-electron chi connectivity index (χ3n) is 4.52. The fourth-order valence-electron chi connectivity index (χ4n) is 2.89.